The van der Waals surface area contributed by atoms with E-state index in [1.807, 2.05) is 19.1 Å². The van der Waals surface area contributed by atoms with Gasteiger partial charge in [0.05, 0.1) is 44.4 Å². The molecule has 0 aliphatic rings. The van der Waals surface area contributed by atoms with E-state index < -0.39 is 5.91 Å². The molecule has 0 aliphatic carbocycles. The fraction of sp³-hybridized carbons (Fsp3) is 0.160. The van der Waals surface area contributed by atoms with Gasteiger partial charge in [0.2, 0.25) is 0 Å². The second-order valence-electron chi connectivity index (χ2n) is 7.01. The van der Waals surface area contributed by atoms with Crippen molar-refractivity contribution < 1.29 is 23.8 Å². The van der Waals surface area contributed by atoms with Crippen molar-refractivity contribution in [2.75, 3.05) is 26.6 Å². The molecule has 3 rings (SSSR count). The summed E-state index contributed by atoms with van der Waals surface area (Å²) in [6, 6.07) is 17.2. The number of ether oxygens (including phenoxy) is 3. The van der Waals surface area contributed by atoms with E-state index in [-0.39, 0.29) is 11.5 Å². The lowest BCUT2D eigenvalue weighted by Gasteiger charge is -2.12. The van der Waals surface area contributed by atoms with Gasteiger partial charge in [-0.25, -0.2) is 5.43 Å². The molecular weight excluding hydrogens is 422 g/mol. The lowest BCUT2D eigenvalue weighted by Crippen LogP contribution is -2.21. The van der Waals surface area contributed by atoms with E-state index in [1.54, 1.807) is 48.5 Å². The van der Waals surface area contributed by atoms with Gasteiger partial charge in [-0.1, -0.05) is 29.8 Å². The molecule has 3 aromatic rings. The summed E-state index contributed by atoms with van der Waals surface area (Å²) in [4.78, 5) is 25.4. The Morgan fingerprint density at radius 2 is 1.48 bits per heavy atom. The molecule has 3 aromatic carbocycles. The first kappa shape index (κ1) is 23.3. The summed E-state index contributed by atoms with van der Waals surface area (Å²) < 4.78 is 16.0. The number of hydrogen-bond donors (Lipinski definition) is 2. The zero-order valence-electron chi connectivity index (χ0n) is 18.8. The van der Waals surface area contributed by atoms with Gasteiger partial charge in [0.15, 0.2) is 0 Å². The molecule has 0 spiro atoms. The largest absolute Gasteiger partial charge is 0.496 e. The molecule has 8 nitrogen and oxygen atoms in total. The highest BCUT2D eigenvalue weighted by atomic mass is 16.5. The molecule has 2 amide bonds. The fourth-order valence-corrected chi connectivity index (χ4v) is 3.07. The Hall–Kier alpha value is -4.33. The van der Waals surface area contributed by atoms with Crippen molar-refractivity contribution in [1.82, 2.24) is 5.43 Å². The number of methoxy groups -OCH3 is 3. The Morgan fingerprint density at radius 1 is 0.848 bits per heavy atom. The van der Waals surface area contributed by atoms with Crippen LogP contribution in [0.2, 0.25) is 0 Å². The monoisotopic (exact) mass is 447 g/mol. The van der Waals surface area contributed by atoms with Gasteiger partial charge in [-0.05, 0) is 31.2 Å². The van der Waals surface area contributed by atoms with Crippen LogP contribution in [-0.2, 0) is 0 Å². The average Bonchev–Trinajstić information content (AvgIpc) is 2.84. The molecule has 0 aliphatic heterocycles. The summed E-state index contributed by atoms with van der Waals surface area (Å²) in [6.07, 6.45) is 1.42. The summed E-state index contributed by atoms with van der Waals surface area (Å²) in [5.41, 5.74) is 5.19. The van der Waals surface area contributed by atoms with Crippen molar-refractivity contribution in [3.63, 3.8) is 0 Å². The quantitative estimate of drug-likeness (QED) is 0.401. The van der Waals surface area contributed by atoms with Crippen LogP contribution >= 0.6 is 0 Å². The first-order valence-corrected chi connectivity index (χ1v) is 10.1. The molecule has 33 heavy (non-hydrogen) atoms. The number of nitrogens with zero attached hydrogens (tertiary/aromatic N) is 1. The Labute approximate surface area is 192 Å². The van der Waals surface area contributed by atoms with Crippen LogP contribution in [0.25, 0.3) is 0 Å². The number of anilines is 1. The minimum absolute atomic E-state index is 0.267. The maximum absolute atomic E-state index is 12.8. The van der Waals surface area contributed by atoms with Gasteiger partial charge in [-0.3, -0.25) is 9.59 Å². The highest BCUT2D eigenvalue weighted by molar-refractivity contribution is 6.09. The van der Waals surface area contributed by atoms with Crippen LogP contribution in [0.4, 0.5) is 5.69 Å². The maximum Gasteiger partial charge on any atom is 0.273 e. The van der Waals surface area contributed by atoms with Gasteiger partial charge < -0.3 is 19.5 Å². The first-order valence-electron chi connectivity index (χ1n) is 10.1. The number of para-hydroxylation sites is 1. The van der Waals surface area contributed by atoms with Gasteiger partial charge in [0, 0.05) is 17.7 Å². The highest BCUT2D eigenvalue weighted by Crippen LogP contribution is 2.32. The molecule has 0 atom stereocenters. The third-order valence-electron chi connectivity index (χ3n) is 4.85. The smallest absolute Gasteiger partial charge is 0.273 e. The first-order chi connectivity index (χ1) is 16.0. The molecule has 0 unspecified atom stereocenters. The van der Waals surface area contributed by atoms with E-state index in [2.05, 4.69) is 15.8 Å². The normalized spacial score (nSPS) is 10.5. The molecule has 2 N–H and O–H groups in total. The Kier molecular flexibility index (Phi) is 7.64. The van der Waals surface area contributed by atoms with E-state index in [0.29, 0.717) is 34.1 Å². The van der Waals surface area contributed by atoms with Crippen molar-refractivity contribution in [2.24, 2.45) is 5.10 Å². The van der Waals surface area contributed by atoms with Gasteiger partial charge >= 0.3 is 0 Å². The van der Waals surface area contributed by atoms with Crippen LogP contribution in [0.5, 0.6) is 17.2 Å². The molecule has 8 heteroatoms. The van der Waals surface area contributed by atoms with Gasteiger partial charge in [0.25, 0.3) is 11.8 Å². The number of hydrazone groups is 1. The molecular formula is C25H25N3O5. The summed E-state index contributed by atoms with van der Waals surface area (Å²) in [6.45, 7) is 1.94. The molecule has 0 aromatic heterocycles. The zero-order chi connectivity index (χ0) is 23.8. The van der Waals surface area contributed by atoms with Crippen LogP contribution in [0.3, 0.4) is 0 Å². The predicted octanol–water partition coefficient (Wildman–Crippen LogP) is 4.04. The summed E-state index contributed by atoms with van der Waals surface area (Å²) in [5, 5.41) is 6.82. The Balaban J connectivity index is 1.77. The van der Waals surface area contributed by atoms with Crippen molar-refractivity contribution in [1.29, 1.82) is 0 Å². The lowest BCUT2D eigenvalue weighted by molar-refractivity contribution is 0.0956. The second kappa shape index (κ2) is 10.8. The molecule has 0 saturated heterocycles. The minimum atomic E-state index is -0.488. The van der Waals surface area contributed by atoms with Crippen LogP contribution in [0, 0.1) is 6.92 Å². The van der Waals surface area contributed by atoms with Crippen LogP contribution in [0.15, 0.2) is 65.8 Å². The fourth-order valence-electron chi connectivity index (χ4n) is 3.07. The predicted molar refractivity (Wildman–Crippen MR) is 127 cm³/mol. The number of nitrogens with one attached hydrogen (secondary N) is 2. The molecule has 0 saturated carbocycles. The van der Waals surface area contributed by atoms with Crippen LogP contribution in [-0.4, -0.2) is 39.4 Å². The van der Waals surface area contributed by atoms with E-state index >= 15 is 0 Å². The third kappa shape index (κ3) is 5.68. The van der Waals surface area contributed by atoms with E-state index in [4.69, 9.17) is 14.2 Å². The number of aryl methyl sites for hydroxylation is 1. The summed E-state index contributed by atoms with van der Waals surface area (Å²) in [7, 11) is 4.56. The number of carbonyl (C=O) groups excluding carboxylic acids is 2. The van der Waals surface area contributed by atoms with Crippen molar-refractivity contribution in [3.05, 3.63) is 82.9 Å². The van der Waals surface area contributed by atoms with Crippen molar-refractivity contribution in [2.45, 2.75) is 6.92 Å². The van der Waals surface area contributed by atoms with E-state index in [0.717, 1.165) is 5.56 Å². The van der Waals surface area contributed by atoms with Gasteiger partial charge in [-0.2, -0.15) is 5.10 Å². The summed E-state index contributed by atoms with van der Waals surface area (Å²) in [5.74, 6) is 0.692. The third-order valence-corrected chi connectivity index (χ3v) is 4.85. The number of hydrogen-bond acceptors (Lipinski definition) is 6. The standard InChI is InChI=1S/C25H25N3O5/c1-16-9-11-17(12-10-16)24(29)27-21-8-6-5-7-19(21)25(30)28-26-15-20-22(32-3)13-18(31-2)14-23(20)33-4/h5-15H,1-4H3,(H,27,29)(H,28,30)/b26-15+. The summed E-state index contributed by atoms with van der Waals surface area (Å²) >= 11 is 0. The molecule has 0 radical (unpaired) electrons. The molecule has 0 fully saturated rings. The average molecular weight is 447 g/mol. The van der Waals surface area contributed by atoms with Gasteiger partial charge in [0.1, 0.15) is 17.2 Å². The van der Waals surface area contributed by atoms with Crippen molar-refractivity contribution in [3.8, 4) is 17.2 Å². The second-order valence-corrected chi connectivity index (χ2v) is 7.01. The zero-order valence-corrected chi connectivity index (χ0v) is 18.8. The molecule has 170 valence electrons. The maximum atomic E-state index is 12.8. The minimum Gasteiger partial charge on any atom is -0.496 e. The Bertz CT molecular complexity index is 1150. The van der Waals surface area contributed by atoms with Crippen LogP contribution < -0.4 is 25.0 Å². The number of rotatable bonds is 8. The lowest BCUT2D eigenvalue weighted by atomic mass is 10.1. The van der Waals surface area contributed by atoms with Gasteiger partial charge in [-0.15, -0.1) is 0 Å². The van der Waals surface area contributed by atoms with Crippen LogP contribution in [0.1, 0.15) is 31.8 Å². The van der Waals surface area contributed by atoms with Crippen molar-refractivity contribution >= 4 is 23.7 Å². The number of benzene rings is 3. The van der Waals surface area contributed by atoms with E-state index in [1.165, 1.54) is 27.5 Å². The SMILES string of the molecule is COc1cc(OC)c(/C=N/NC(=O)c2ccccc2NC(=O)c2ccc(C)cc2)c(OC)c1. The Morgan fingerprint density at radius 3 is 2.09 bits per heavy atom. The number of amides is 2. The molecule has 0 heterocycles. The number of carbonyl (C=O) groups is 2. The molecule has 0 bridgehead atoms. The topological polar surface area (TPSA) is 98.3 Å². The highest BCUT2D eigenvalue weighted by Gasteiger charge is 2.15. The van der Waals surface area contributed by atoms with E-state index in [9.17, 15) is 9.59 Å².